The molecule has 0 unspecified atom stereocenters. The topological polar surface area (TPSA) is 73.6 Å². The average Bonchev–Trinajstić information content (AvgIpc) is 2.60. The van der Waals surface area contributed by atoms with Crippen molar-refractivity contribution in [3.63, 3.8) is 0 Å². The van der Waals surface area contributed by atoms with Gasteiger partial charge in [-0.2, -0.15) is 0 Å². The standard InChI is InChI=1S/C18H28N2O3.ClH/c1-22-15-8-6-7-14(17(15)23-2)12-20-16(21)11-18(13-19)9-4-3-5-10-18;/h6-8H,3-5,9-13,19H2,1-2H3,(H,20,21);1H. The van der Waals surface area contributed by atoms with E-state index in [9.17, 15) is 4.79 Å². The predicted molar refractivity (Wildman–Crippen MR) is 97.8 cm³/mol. The smallest absolute Gasteiger partial charge is 0.220 e. The van der Waals surface area contributed by atoms with Crippen molar-refractivity contribution in [3.8, 4) is 11.5 Å². The Hall–Kier alpha value is -1.46. The third kappa shape index (κ3) is 5.02. The number of rotatable bonds is 7. The number of methoxy groups -OCH3 is 2. The number of halogens is 1. The summed E-state index contributed by atoms with van der Waals surface area (Å²) < 4.78 is 10.7. The van der Waals surface area contributed by atoms with Crippen molar-refractivity contribution < 1.29 is 14.3 Å². The largest absolute Gasteiger partial charge is 0.493 e. The van der Waals surface area contributed by atoms with Gasteiger partial charge in [-0.1, -0.05) is 31.4 Å². The molecule has 3 N–H and O–H groups in total. The molecule has 1 aliphatic carbocycles. The molecule has 1 aromatic carbocycles. The van der Waals surface area contributed by atoms with Crippen molar-refractivity contribution >= 4 is 18.3 Å². The first-order valence-electron chi connectivity index (χ1n) is 8.31. The summed E-state index contributed by atoms with van der Waals surface area (Å²) in [5.41, 5.74) is 6.86. The highest BCUT2D eigenvalue weighted by Gasteiger charge is 2.32. The molecule has 0 heterocycles. The van der Waals surface area contributed by atoms with Crippen LogP contribution in [0.5, 0.6) is 11.5 Å². The molecule has 0 saturated heterocycles. The van der Waals surface area contributed by atoms with Gasteiger partial charge in [0.25, 0.3) is 0 Å². The summed E-state index contributed by atoms with van der Waals surface area (Å²) in [6.07, 6.45) is 6.22. The lowest BCUT2D eigenvalue weighted by atomic mass is 9.71. The molecular formula is C18H29ClN2O3. The summed E-state index contributed by atoms with van der Waals surface area (Å²) in [6.45, 7) is 1.02. The van der Waals surface area contributed by atoms with Crippen molar-refractivity contribution in [2.75, 3.05) is 20.8 Å². The highest BCUT2D eigenvalue weighted by molar-refractivity contribution is 5.85. The van der Waals surface area contributed by atoms with Crippen LogP contribution in [0.15, 0.2) is 18.2 Å². The first kappa shape index (κ1) is 20.6. The van der Waals surface area contributed by atoms with E-state index >= 15 is 0 Å². The summed E-state index contributed by atoms with van der Waals surface area (Å²) in [5.74, 6) is 1.40. The summed E-state index contributed by atoms with van der Waals surface area (Å²) in [7, 11) is 3.21. The minimum absolute atomic E-state index is 0. The Morgan fingerprint density at radius 3 is 2.50 bits per heavy atom. The average molecular weight is 357 g/mol. The van der Waals surface area contributed by atoms with Gasteiger partial charge in [0.05, 0.1) is 14.2 Å². The first-order valence-corrected chi connectivity index (χ1v) is 8.31. The maximum absolute atomic E-state index is 12.4. The van der Waals surface area contributed by atoms with Gasteiger partial charge in [0.2, 0.25) is 5.91 Å². The Balaban J connectivity index is 0.00000288. The van der Waals surface area contributed by atoms with Crippen LogP contribution >= 0.6 is 12.4 Å². The molecule has 0 aromatic heterocycles. The van der Waals surface area contributed by atoms with Gasteiger partial charge in [0, 0.05) is 18.5 Å². The number of nitrogens with one attached hydrogen (secondary N) is 1. The Labute approximate surface area is 150 Å². The SMILES string of the molecule is COc1cccc(CNC(=O)CC2(CN)CCCCC2)c1OC.Cl. The number of carbonyl (C=O) groups excluding carboxylic acids is 1. The lowest BCUT2D eigenvalue weighted by molar-refractivity contribution is -0.124. The molecule has 1 aromatic rings. The molecule has 1 aliphatic rings. The zero-order chi connectivity index (χ0) is 16.7. The Morgan fingerprint density at radius 1 is 1.21 bits per heavy atom. The van der Waals surface area contributed by atoms with Gasteiger partial charge >= 0.3 is 0 Å². The number of carbonyl (C=O) groups is 1. The molecule has 0 bridgehead atoms. The summed E-state index contributed by atoms with van der Waals surface area (Å²) in [4.78, 5) is 12.4. The van der Waals surface area contributed by atoms with Crippen molar-refractivity contribution in [3.05, 3.63) is 23.8 Å². The van der Waals surface area contributed by atoms with Crippen LogP contribution in [0.2, 0.25) is 0 Å². The molecular weight excluding hydrogens is 328 g/mol. The van der Waals surface area contributed by atoms with E-state index in [0.717, 1.165) is 18.4 Å². The Bertz CT molecular complexity index is 531. The zero-order valence-electron chi connectivity index (χ0n) is 14.6. The van der Waals surface area contributed by atoms with E-state index in [4.69, 9.17) is 15.2 Å². The van der Waals surface area contributed by atoms with E-state index in [0.29, 0.717) is 31.0 Å². The van der Waals surface area contributed by atoms with E-state index in [2.05, 4.69) is 5.32 Å². The van der Waals surface area contributed by atoms with Crippen molar-refractivity contribution in [2.45, 2.75) is 45.1 Å². The van der Waals surface area contributed by atoms with E-state index in [1.54, 1.807) is 14.2 Å². The quantitative estimate of drug-likeness (QED) is 0.787. The van der Waals surface area contributed by atoms with Gasteiger partial charge in [-0.05, 0) is 30.9 Å². The Kier molecular flexibility index (Phi) is 8.36. The number of benzene rings is 1. The highest BCUT2D eigenvalue weighted by Crippen LogP contribution is 2.38. The fraction of sp³-hybridized carbons (Fsp3) is 0.611. The van der Waals surface area contributed by atoms with Gasteiger partial charge < -0.3 is 20.5 Å². The zero-order valence-corrected chi connectivity index (χ0v) is 15.4. The number of ether oxygens (including phenoxy) is 2. The van der Waals surface area contributed by atoms with Gasteiger partial charge in [0.1, 0.15) is 0 Å². The fourth-order valence-electron chi connectivity index (χ4n) is 3.44. The number of hydrogen-bond acceptors (Lipinski definition) is 4. The molecule has 6 heteroatoms. The van der Waals surface area contributed by atoms with E-state index < -0.39 is 0 Å². The lowest BCUT2D eigenvalue weighted by Crippen LogP contribution is -2.38. The molecule has 0 aliphatic heterocycles. The number of nitrogens with two attached hydrogens (primary N) is 1. The van der Waals surface area contributed by atoms with Gasteiger partial charge in [-0.15, -0.1) is 12.4 Å². The second-order valence-corrected chi connectivity index (χ2v) is 6.37. The molecule has 24 heavy (non-hydrogen) atoms. The summed E-state index contributed by atoms with van der Waals surface area (Å²) in [5, 5.41) is 3.00. The fourth-order valence-corrected chi connectivity index (χ4v) is 3.44. The molecule has 0 radical (unpaired) electrons. The molecule has 1 amide bonds. The molecule has 0 atom stereocenters. The third-order valence-corrected chi connectivity index (χ3v) is 4.84. The lowest BCUT2D eigenvalue weighted by Gasteiger charge is -2.35. The summed E-state index contributed by atoms with van der Waals surface area (Å²) >= 11 is 0. The molecule has 1 saturated carbocycles. The Morgan fingerprint density at radius 2 is 1.92 bits per heavy atom. The predicted octanol–water partition coefficient (Wildman–Crippen LogP) is 3.04. The highest BCUT2D eigenvalue weighted by atomic mass is 35.5. The normalized spacial score (nSPS) is 16.0. The minimum atomic E-state index is -0.0131. The van der Waals surface area contributed by atoms with Gasteiger partial charge in [-0.3, -0.25) is 4.79 Å². The van der Waals surface area contributed by atoms with Gasteiger partial charge in [-0.25, -0.2) is 0 Å². The van der Waals surface area contributed by atoms with Crippen LogP contribution < -0.4 is 20.5 Å². The van der Waals surface area contributed by atoms with Gasteiger partial charge in [0.15, 0.2) is 11.5 Å². The molecule has 136 valence electrons. The third-order valence-electron chi connectivity index (χ3n) is 4.84. The van der Waals surface area contributed by atoms with E-state index in [1.165, 1.54) is 19.3 Å². The van der Waals surface area contributed by atoms with E-state index in [-0.39, 0.29) is 23.7 Å². The molecule has 2 rings (SSSR count). The van der Waals surface area contributed by atoms with Crippen LogP contribution in [0.1, 0.15) is 44.1 Å². The van der Waals surface area contributed by atoms with Crippen LogP contribution in [-0.4, -0.2) is 26.7 Å². The monoisotopic (exact) mass is 356 g/mol. The molecule has 1 fully saturated rings. The summed E-state index contributed by atoms with van der Waals surface area (Å²) in [6, 6.07) is 5.67. The number of hydrogen-bond donors (Lipinski definition) is 2. The maximum Gasteiger partial charge on any atom is 0.220 e. The van der Waals surface area contributed by atoms with E-state index in [1.807, 2.05) is 18.2 Å². The number of para-hydroxylation sites is 1. The van der Waals surface area contributed by atoms with Crippen LogP contribution in [0, 0.1) is 5.41 Å². The van der Waals surface area contributed by atoms with Crippen molar-refractivity contribution in [1.29, 1.82) is 0 Å². The van der Waals surface area contributed by atoms with Crippen molar-refractivity contribution in [1.82, 2.24) is 5.32 Å². The van der Waals surface area contributed by atoms with Crippen LogP contribution in [0.3, 0.4) is 0 Å². The minimum Gasteiger partial charge on any atom is -0.493 e. The van der Waals surface area contributed by atoms with Crippen LogP contribution in [0.25, 0.3) is 0 Å². The second-order valence-electron chi connectivity index (χ2n) is 6.37. The van der Waals surface area contributed by atoms with Crippen molar-refractivity contribution in [2.24, 2.45) is 11.1 Å². The molecule has 0 spiro atoms. The molecule has 5 nitrogen and oxygen atoms in total. The van der Waals surface area contributed by atoms with Crippen LogP contribution in [0.4, 0.5) is 0 Å². The number of amides is 1. The first-order chi connectivity index (χ1) is 11.1. The second kappa shape index (κ2) is 9.74. The maximum atomic E-state index is 12.4. The van der Waals surface area contributed by atoms with Crippen LogP contribution in [-0.2, 0) is 11.3 Å².